The third kappa shape index (κ3) is 2.66. The highest BCUT2D eigenvalue weighted by atomic mass is 32.2. The third-order valence-electron chi connectivity index (χ3n) is 7.06. The SMILES string of the molecule is N=c1c(S(=O)(=O)O)cc2c3c(nc4c5c(ccc42)=C(O)c2ccccc2C5=O)c2ccccc2c(=O)c1=3. The molecule has 8 nitrogen and oxygen atoms in total. The molecule has 0 fully saturated rings. The topological polar surface area (TPSA) is 145 Å². The number of rotatable bonds is 1. The fourth-order valence-corrected chi connectivity index (χ4v) is 6.08. The number of aliphatic hydroxyl groups excluding tert-OH is 1. The minimum absolute atomic E-state index is 0.0842. The highest BCUT2D eigenvalue weighted by molar-refractivity contribution is 7.85. The molecule has 0 spiro atoms. The van der Waals surface area contributed by atoms with Crippen LogP contribution in [0.3, 0.4) is 0 Å². The van der Waals surface area contributed by atoms with Gasteiger partial charge in [-0.2, -0.15) is 8.42 Å². The molecule has 3 aliphatic carbocycles. The van der Waals surface area contributed by atoms with Crippen LogP contribution in [-0.4, -0.2) is 28.8 Å². The highest BCUT2D eigenvalue weighted by Crippen LogP contribution is 2.32. The summed E-state index contributed by atoms with van der Waals surface area (Å²) in [7, 11) is -4.86. The van der Waals surface area contributed by atoms with E-state index in [0.29, 0.717) is 27.4 Å². The molecule has 9 heteroatoms. The number of aromatic nitrogens is 1. The minimum atomic E-state index is -4.86. The summed E-state index contributed by atoms with van der Waals surface area (Å²) in [5.41, 5.74) is 0.798. The van der Waals surface area contributed by atoms with Crippen molar-refractivity contribution < 1.29 is 22.9 Å². The first kappa shape index (κ1) is 21.5. The van der Waals surface area contributed by atoms with E-state index in [-0.39, 0.29) is 49.1 Å². The van der Waals surface area contributed by atoms with Gasteiger partial charge in [-0.1, -0.05) is 54.6 Å². The Balaban J connectivity index is 1.86. The number of aliphatic hydroxyl groups is 1. The minimum Gasteiger partial charge on any atom is -0.507 e. The van der Waals surface area contributed by atoms with Crippen LogP contribution >= 0.6 is 0 Å². The van der Waals surface area contributed by atoms with Crippen LogP contribution in [0.2, 0.25) is 0 Å². The van der Waals surface area contributed by atoms with Gasteiger partial charge in [0.05, 0.1) is 27.2 Å². The van der Waals surface area contributed by atoms with E-state index in [1.807, 2.05) is 0 Å². The van der Waals surface area contributed by atoms with E-state index in [9.17, 15) is 27.7 Å². The lowest BCUT2D eigenvalue weighted by molar-refractivity contribution is 0.103. The van der Waals surface area contributed by atoms with Crippen molar-refractivity contribution in [3.63, 3.8) is 0 Å². The fourth-order valence-electron chi connectivity index (χ4n) is 5.45. The molecule has 178 valence electrons. The van der Waals surface area contributed by atoms with E-state index in [4.69, 9.17) is 10.4 Å². The summed E-state index contributed by atoms with van der Waals surface area (Å²) in [6, 6.07) is 17.6. The largest absolute Gasteiger partial charge is 0.507 e. The van der Waals surface area contributed by atoms with Crippen LogP contribution < -0.4 is 16.0 Å². The molecule has 3 aliphatic rings. The molecular formula is C28H14N2O6S. The number of carbonyl (C=O) groups is 1. The highest BCUT2D eigenvalue weighted by Gasteiger charge is 2.28. The molecule has 1 heterocycles. The summed E-state index contributed by atoms with van der Waals surface area (Å²) in [5.74, 6) is -0.445. The molecule has 0 unspecified atom stereocenters. The predicted octanol–water partition coefficient (Wildman–Crippen LogP) is 2.77. The van der Waals surface area contributed by atoms with Crippen LogP contribution in [0.15, 0.2) is 76.4 Å². The Morgan fingerprint density at radius 3 is 2.14 bits per heavy atom. The van der Waals surface area contributed by atoms with Gasteiger partial charge in [-0.15, -0.1) is 0 Å². The van der Waals surface area contributed by atoms with Gasteiger partial charge in [0.1, 0.15) is 10.7 Å². The van der Waals surface area contributed by atoms with Crippen molar-refractivity contribution in [2.45, 2.75) is 4.90 Å². The number of pyridine rings is 1. The molecule has 0 saturated heterocycles. The Labute approximate surface area is 207 Å². The van der Waals surface area contributed by atoms with Crippen molar-refractivity contribution in [3.8, 4) is 0 Å². The molecular weight excluding hydrogens is 492 g/mol. The number of carbonyl (C=O) groups excluding carboxylic acids is 1. The monoisotopic (exact) mass is 506 g/mol. The first-order chi connectivity index (χ1) is 17.7. The molecule has 3 aromatic carbocycles. The number of hydrogen-bond donors (Lipinski definition) is 3. The Morgan fingerprint density at radius 1 is 0.757 bits per heavy atom. The summed E-state index contributed by atoms with van der Waals surface area (Å²) in [6.07, 6.45) is 0. The number of hydrogen-bond acceptors (Lipinski definition) is 7. The molecule has 1 aromatic heterocycles. The maximum absolute atomic E-state index is 13.7. The summed E-state index contributed by atoms with van der Waals surface area (Å²) >= 11 is 0. The van der Waals surface area contributed by atoms with Crippen molar-refractivity contribution in [2.24, 2.45) is 0 Å². The number of fused-ring (bicyclic) bond motifs is 7. The van der Waals surface area contributed by atoms with Gasteiger partial charge in [0.25, 0.3) is 10.1 Å². The average molecular weight is 506 g/mol. The third-order valence-corrected chi connectivity index (χ3v) is 7.94. The average Bonchev–Trinajstić information content (AvgIpc) is 2.89. The van der Waals surface area contributed by atoms with E-state index < -0.39 is 25.8 Å². The van der Waals surface area contributed by atoms with Gasteiger partial charge in [0, 0.05) is 37.7 Å². The summed E-state index contributed by atoms with van der Waals surface area (Å²) < 4.78 is 34.4. The first-order valence-electron chi connectivity index (χ1n) is 11.2. The zero-order valence-electron chi connectivity index (χ0n) is 18.7. The second-order valence-corrected chi connectivity index (χ2v) is 10.4. The Morgan fingerprint density at radius 2 is 1.41 bits per heavy atom. The first-order valence-corrected chi connectivity index (χ1v) is 12.6. The molecule has 7 rings (SSSR count). The summed E-state index contributed by atoms with van der Waals surface area (Å²) in [4.78, 5) is 31.3. The van der Waals surface area contributed by atoms with Crippen molar-refractivity contribution >= 4 is 54.2 Å². The van der Waals surface area contributed by atoms with Gasteiger partial charge in [-0.3, -0.25) is 19.6 Å². The van der Waals surface area contributed by atoms with E-state index in [1.54, 1.807) is 60.7 Å². The molecule has 0 aliphatic heterocycles. The molecule has 0 atom stereocenters. The van der Waals surface area contributed by atoms with Gasteiger partial charge in [-0.25, -0.2) is 4.98 Å². The van der Waals surface area contributed by atoms with Gasteiger partial charge in [-0.05, 0) is 17.5 Å². The molecule has 0 bridgehead atoms. The Bertz CT molecular complexity index is 2400. The quantitative estimate of drug-likeness (QED) is 0.291. The molecule has 0 saturated carbocycles. The zero-order chi connectivity index (χ0) is 25.8. The normalized spacial score (nSPS) is 13.5. The van der Waals surface area contributed by atoms with Gasteiger partial charge in [0.2, 0.25) is 0 Å². The molecule has 3 N–H and O–H groups in total. The van der Waals surface area contributed by atoms with Crippen LogP contribution in [0.25, 0.3) is 38.3 Å². The number of ketones is 1. The summed E-state index contributed by atoms with van der Waals surface area (Å²) in [6.45, 7) is 0. The molecule has 0 radical (unpaired) electrons. The molecule has 4 aromatic rings. The number of benzene rings is 3. The Kier molecular flexibility index (Phi) is 4.04. The smallest absolute Gasteiger partial charge is 0.296 e. The lowest BCUT2D eigenvalue weighted by atomic mass is 9.87. The predicted molar refractivity (Wildman–Crippen MR) is 135 cm³/mol. The lowest BCUT2D eigenvalue weighted by Gasteiger charge is -2.18. The molecule has 37 heavy (non-hydrogen) atoms. The van der Waals surface area contributed by atoms with Crippen molar-refractivity contribution in [1.82, 2.24) is 4.98 Å². The van der Waals surface area contributed by atoms with Gasteiger partial charge in [0.15, 0.2) is 11.2 Å². The van der Waals surface area contributed by atoms with Crippen molar-refractivity contribution in [3.05, 3.63) is 115 Å². The van der Waals surface area contributed by atoms with E-state index in [1.165, 1.54) is 0 Å². The standard InChI is InChI=1S/C28H14N2O6S/c29-23-19(37(34,35)36)11-18-13-9-10-17-21(27(32)16-8-4-3-7-15(16)26(17)31)25(13)30-24-12-5-1-2-6-14(12)28(33)22(23)20(18)24/h1-11,29,31H,(H,34,35,36). The van der Waals surface area contributed by atoms with Crippen LogP contribution in [0.5, 0.6) is 0 Å². The van der Waals surface area contributed by atoms with Gasteiger partial charge >= 0.3 is 0 Å². The van der Waals surface area contributed by atoms with Crippen molar-refractivity contribution in [2.75, 3.05) is 0 Å². The Hall–Kier alpha value is -4.73. The fraction of sp³-hybridized carbons (Fsp3) is 0. The zero-order valence-corrected chi connectivity index (χ0v) is 19.6. The maximum Gasteiger partial charge on any atom is 0.296 e. The number of nitrogens with zero attached hydrogens (tertiary/aromatic N) is 1. The van der Waals surface area contributed by atoms with Crippen LogP contribution in [0.1, 0.15) is 21.5 Å². The van der Waals surface area contributed by atoms with E-state index in [0.717, 1.165) is 6.07 Å². The van der Waals surface area contributed by atoms with E-state index >= 15 is 0 Å². The second-order valence-electron chi connectivity index (χ2n) is 8.97. The maximum atomic E-state index is 13.7. The summed E-state index contributed by atoms with van der Waals surface area (Å²) in [5, 5.41) is 20.6. The van der Waals surface area contributed by atoms with Crippen LogP contribution in [-0.2, 0) is 10.1 Å². The lowest BCUT2D eigenvalue weighted by Crippen LogP contribution is -2.26. The van der Waals surface area contributed by atoms with Crippen LogP contribution in [0, 0.1) is 15.8 Å². The molecule has 0 amide bonds. The van der Waals surface area contributed by atoms with Crippen molar-refractivity contribution in [1.29, 1.82) is 5.41 Å². The number of nitrogens with one attached hydrogen (secondary N) is 1. The van der Waals surface area contributed by atoms with Crippen LogP contribution in [0.4, 0.5) is 0 Å². The second kappa shape index (κ2) is 6.94. The van der Waals surface area contributed by atoms with Gasteiger partial charge < -0.3 is 5.11 Å². The van der Waals surface area contributed by atoms with E-state index in [2.05, 4.69) is 0 Å².